The summed E-state index contributed by atoms with van der Waals surface area (Å²) in [6, 6.07) is 15.5. The van der Waals surface area contributed by atoms with Crippen LogP contribution in [-0.4, -0.2) is 34.2 Å². The molecule has 0 bridgehead atoms. The van der Waals surface area contributed by atoms with Crippen molar-refractivity contribution in [3.05, 3.63) is 48.5 Å². The van der Waals surface area contributed by atoms with E-state index in [1.54, 1.807) is 14.2 Å². The minimum absolute atomic E-state index is 0.113. The van der Waals surface area contributed by atoms with Crippen LogP contribution in [0.15, 0.2) is 48.5 Å². The quantitative estimate of drug-likeness (QED) is 0.450. The Morgan fingerprint density at radius 3 is 1.03 bits per heavy atom. The maximum Gasteiger partial charge on any atom is 0.264 e. The highest BCUT2D eigenvalue weighted by Gasteiger charge is 2.61. The first-order valence-corrected chi connectivity index (χ1v) is 12.2. The predicted molar refractivity (Wildman–Crippen MR) is 124 cm³/mol. The number of hydrogen-bond donors (Lipinski definition) is 0. The van der Waals surface area contributed by atoms with Gasteiger partial charge in [-0.25, -0.2) is 0 Å². The monoisotopic (exact) mass is 450 g/mol. The Bertz CT molecular complexity index is 753. The summed E-state index contributed by atoms with van der Waals surface area (Å²) in [5.74, 6) is 3.28. The first-order chi connectivity index (χ1) is 14.0. The number of ether oxygens (including phenoxy) is 2. The summed E-state index contributed by atoms with van der Waals surface area (Å²) in [6.45, 7) is 13.2. The first kappa shape index (κ1) is 23.1. The lowest BCUT2D eigenvalue weighted by molar-refractivity contribution is 0.225. The van der Waals surface area contributed by atoms with Gasteiger partial charge in [0, 0.05) is 11.1 Å². The molecule has 1 fully saturated rings. The van der Waals surface area contributed by atoms with Crippen LogP contribution in [0.25, 0.3) is 0 Å². The molecule has 0 spiro atoms. The van der Waals surface area contributed by atoms with Crippen LogP contribution in [0.3, 0.4) is 0 Å². The second-order valence-corrected chi connectivity index (χ2v) is 12.6. The average Bonchev–Trinajstić information content (AvgIpc) is 2.65. The molecule has 0 radical (unpaired) electrons. The SMILES string of the molecule is COc1ccc(OP2N(C(C)(C)C)P(Oc3ccc(OC)cc3)N2C(C)(C)C)cc1. The molecule has 0 aliphatic carbocycles. The lowest BCUT2D eigenvalue weighted by Crippen LogP contribution is -2.54. The fraction of sp³-hybridized carbons (Fsp3) is 0.455. The molecular weight excluding hydrogens is 418 g/mol. The molecule has 164 valence electrons. The minimum atomic E-state index is -1.03. The Morgan fingerprint density at radius 1 is 0.533 bits per heavy atom. The van der Waals surface area contributed by atoms with Gasteiger partial charge in [-0.05, 0) is 90.1 Å². The third kappa shape index (κ3) is 5.00. The molecule has 3 rings (SSSR count). The zero-order valence-electron chi connectivity index (χ0n) is 19.0. The van der Waals surface area contributed by atoms with Crippen molar-refractivity contribution in [2.24, 2.45) is 0 Å². The number of nitrogens with zero attached hydrogens (tertiary/aromatic N) is 2. The molecule has 1 saturated heterocycles. The Balaban J connectivity index is 1.88. The standard InChI is InChI=1S/C22H32N2O4P2/c1-21(2,3)23-29(27-19-13-9-17(25-7)10-14-19)24(22(4,5)6)30(23)28-20-15-11-18(26-8)12-16-20/h9-16H,1-8H3. The van der Waals surface area contributed by atoms with Gasteiger partial charge in [-0.3, -0.25) is 0 Å². The molecule has 8 heteroatoms. The predicted octanol–water partition coefficient (Wildman–Crippen LogP) is 6.83. The summed E-state index contributed by atoms with van der Waals surface area (Å²) < 4.78 is 28.3. The van der Waals surface area contributed by atoms with Gasteiger partial charge in [0.2, 0.25) is 0 Å². The highest BCUT2D eigenvalue weighted by molar-refractivity contribution is 7.78. The van der Waals surface area contributed by atoms with Crippen LogP contribution < -0.4 is 18.5 Å². The van der Waals surface area contributed by atoms with Crippen molar-refractivity contribution in [1.29, 1.82) is 0 Å². The number of rotatable bonds is 6. The van der Waals surface area contributed by atoms with Gasteiger partial charge >= 0.3 is 0 Å². The molecule has 0 atom stereocenters. The Hall–Kier alpha value is -1.58. The van der Waals surface area contributed by atoms with Crippen molar-refractivity contribution >= 4 is 16.9 Å². The lowest BCUT2D eigenvalue weighted by Gasteiger charge is -2.60. The zero-order valence-corrected chi connectivity index (χ0v) is 20.8. The average molecular weight is 450 g/mol. The molecule has 2 aromatic carbocycles. The molecule has 0 aromatic heterocycles. The van der Waals surface area contributed by atoms with Gasteiger partial charge < -0.3 is 18.5 Å². The summed E-state index contributed by atoms with van der Waals surface area (Å²) in [7, 11) is 1.27. The van der Waals surface area contributed by atoms with Crippen LogP contribution in [0.4, 0.5) is 0 Å². The van der Waals surface area contributed by atoms with Crippen LogP contribution >= 0.6 is 16.9 Å². The third-order valence-electron chi connectivity index (χ3n) is 4.34. The largest absolute Gasteiger partial charge is 0.497 e. The summed E-state index contributed by atoms with van der Waals surface area (Å²) in [5, 5.41) is 0. The molecule has 1 aliphatic rings. The van der Waals surface area contributed by atoms with E-state index < -0.39 is 16.9 Å². The van der Waals surface area contributed by atoms with Crippen LogP contribution in [0.1, 0.15) is 41.5 Å². The summed E-state index contributed by atoms with van der Waals surface area (Å²) in [4.78, 5) is 0. The van der Waals surface area contributed by atoms with E-state index in [0.717, 1.165) is 23.0 Å². The van der Waals surface area contributed by atoms with E-state index in [1.165, 1.54) is 0 Å². The highest BCUT2D eigenvalue weighted by Crippen LogP contribution is 2.80. The molecule has 1 aliphatic heterocycles. The van der Waals surface area contributed by atoms with Crippen LogP contribution in [0.2, 0.25) is 0 Å². The van der Waals surface area contributed by atoms with Crippen molar-refractivity contribution in [2.75, 3.05) is 14.2 Å². The molecule has 0 amide bonds. The number of hydrogen-bond acceptors (Lipinski definition) is 6. The molecule has 6 nitrogen and oxygen atoms in total. The maximum atomic E-state index is 6.51. The van der Waals surface area contributed by atoms with Gasteiger partial charge in [0.15, 0.2) is 0 Å². The van der Waals surface area contributed by atoms with E-state index >= 15 is 0 Å². The fourth-order valence-corrected chi connectivity index (χ4v) is 8.13. The maximum absolute atomic E-state index is 6.51. The van der Waals surface area contributed by atoms with Crippen LogP contribution in [-0.2, 0) is 0 Å². The van der Waals surface area contributed by atoms with E-state index in [2.05, 4.69) is 50.4 Å². The molecule has 2 aromatic rings. The number of benzene rings is 2. The summed E-state index contributed by atoms with van der Waals surface area (Å²) in [6.07, 6.45) is 0. The van der Waals surface area contributed by atoms with Gasteiger partial charge in [-0.15, -0.1) is 0 Å². The van der Waals surface area contributed by atoms with Gasteiger partial charge in [0.1, 0.15) is 23.0 Å². The van der Waals surface area contributed by atoms with Crippen molar-refractivity contribution < 1.29 is 18.5 Å². The second-order valence-electron chi connectivity index (χ2n) is 8.96. The molecule has 30 heavy (non-hydrogen) atoms. The molecule has 1 heterocycles. The van der Waals surface area contributed by atoms with Crippen molar-refractivity contribution in [2.45, 2.75) is 52.6 Å². The molecule has 0 saturated carbocycles. The number of methoxy groups -OCH3 is 2. The van der Waals surface area contributed by atoms with Gasteiger partial charge in [0.25, 0.3) is 16.9 Å². The Labute approximate surface area is 183 Å². The summed E-state index contributed by atoms with van der Waals surface area (Å²) >= 11 is 0. The van der Waals surface area contributed by atoms with Crippen molar-refractivity contribution in [1.82, 2.24) is 8.88 Å². The lowest BCUT2D eigenvalue weighted by atomic mass is 10.1. The minimum Gasteiger partial charge on any atom is -0.497 e. The molecular formula is C22H32N2O4P2. The smallest absolute Gasteiger partial charge is 0.264 e. The Kier molecular flexibility index (Phi) is 6.84. The van der Waals surface area contributed by atoms with E-state index in [9.17, 15) is 0 Å². The van der Waals surface area contributed by atoms with Crippen molar-refractivity contribution in [3.63, 3.8) is 0 Å². The summed E-state index contributed by atoms with van der Waals surface area (Å²) in [5.41, 5.74) is -0.226. The topological polar surface area (TPSA) is 43.4 Å². The van der Waals surface area contributed by atoms with Crippen LogP contribution in [0, 0.1) is 0 Å². The molecule has 0 unspecified atom stereocenters. The Morgan fingerprint density at radius 2 is 0.800 bits per heavy atom. The van der Waals surface area contributed by atoms with Gasteiger partial charge in [-0.1, -0.05) is 0 Å². The third-order valence-corrected chi connectivity index (χ3v) is 10.6. The van der Waals surface area contributed by atoms with E-state index in [4.69, 9.17) is 18.5 Å². The van der Waals surface area contributed by atoms with Gasteiger partial charge in [0.05, 0.1) is 14.2 Å². The van der Waals surface area contributed by atoms with Gasteiger partial charge in [-0.2, -0.15) is 8.88 Å². The fourth-order valence-electron chi connectivity index (χ4n) is 2.90. The normalized spacial score (nSPS) is 20.4. The van der Waals surface area contributed by atoms with E-state index in [-0.39, 0.29) is 11.1 Å². The van der Waals surface area contributed by atoms with E-state index in [1.807, 2.05) is 48.5 Å². The zero-order chi connectivity index (χ0) is 22.1. The first-order valence-electron chi connectivity index (χ1n) is 9.89. The second kappa shape index (κ2) is 8.88. The van der Waals surface area contributed by atoms with Crippen LogP contribution in [0.5, 0.6) is 23.0 Å². The molecule has 0 N–H and O–H groups in total. The van der Waals surface area contributed by atoms with E-state index in [0.29, 0.717) is 0 Å². The highest BCUT2D eigenvalue weighted by atomic mass is 31.3. The van der Waals surface area contributed by atoms with Crippen molar-refractivity contribution in [3.8, 4) is 23.0 Å².